The molecule has 1 aromatic rings. The van der Waals surface area contributed by atoms with Crippen LogP contribution >= 0.6 is 27.3 Å². The Morgan fingerprint density at radius 1 is 1.59 bits per heavy atom. The maximum Gasteiger partial charge on any atom is 0.225 e. The summed E-state index contributed by atoms with van der Waals surface area (Å²) in [6.07, 6.45) is 2.64. The van der Waals surface area contributed by atoms with Gasteiger partial charge >= 0.3 is 0 Å². The normalized spacial score (nSPS) is 23.2. The molecule has 17 heavy (non-hydrogen) atoms. The highest BCUT2D eigenvalue weighted by Gasteiger charge is 2.33. The van der Waals surface area contributed by atoms with E-state index in [9.17, 15) is 4.79 Å². The van der Waals surface area contributed by atoms with E-state index in [4.69, 9.17) is 5.73 Å². The average Bonchev–Trinajstić information content (AvgIpc) is 2.66. The second-order valence-corrected chi connectivity index (χ2v) is 7.19. The molecule has 1 saturated carbocycles. The third kappa shape index (κ3) is 3.30. The second kappa shape index (κ2) is 5.50. The summed E-state index contributed by atoms with van der Waals surface area (Å²) < 4.78 is 1.14. The molecule has 0 unspecified atom stereocenters. The van der Waals surface area contributed by atoms with Gasteiger partial charge < -0.3 is 10.6 Å². The van der Waals surface area contributed by atoms with Gasteiger partial charge in [-0.05, 0) is 47.3 Å². The van der Waals surface area contributed by atoms with E-state index in [-0.39, 0.29) is 17.9 Å². The molecule has 0 radical (unpaired) electrons. The minimum absolute atomic E-state index is 0.171. The number of carbonyl (C=O) groups is 1. The summed E-state index contributed by atoms with van der Waals surface area (Å²) in [6.45, 7) is 0.789. The van der Waals surface area contributed by atoms with Crippen molar-refractivity contribution in [3.63, 3.8) is 0 Å². The van der Waals surface area contributed by atoms with Gasteiger partial charge in [0, 0.05) is 30.4 Å². The van der Waals surface area contributed by atoms with Crippen LogP contribution in [0.1, 0.15) is 17.7 Å². The fourth-order valence-electron chi connectivity index (χ4n) is 2.05. The third-order valence-electron chi connectivity index (χ3n) is 3.22. The van der Waals surface area contributed by atoms with Crippen molar-refractivity contribution in [2.24, 2.45) is 11.7 Å². The Labute approximate surface area is 114 Å². The Morgan fingerprint density at radius 3 is 2.82 bits per heavy atom. The molecular formula is C12H17BrN2OS. The zero-order valence-electron chi connectivity index (χ0n) is 9.86. The molecule has 1 heterocycles. The largest absolute Gasteiger partial charge is 0.345 e. The molecule has 94 valence electrons. The lowest BCUT2D eigenvalue weighted by Crippen LogP contribution is -2.46. The molecular weight excluding hydrogens is 300 g/mol. The van der Waals surface area contributed by atoms with Gasteiger partial charge in [-0.15, -0.1) is 11.3 Å². The number of carbonyl (C=O) groups excluding carboxylic acids is 1. The Kier molecular flexibility index (Phi) is 4.22. The van der Waals surface area contributed by atoms with E-state index in [1.165, 1.54) is 4.88 Å². The summed E-state index contributed by atoms with van der Waals surface area (Å²) in [5.74, 6) is 0.424. The quantitative estimate of drug-likeness (QED) is 0.926. The van der Waals surface area contributed by atoms with Crippen molar-refractivity contribution < 1.29 is 4.79 Å². The molecule has 2 N–H and O–H groups in total. The third-order valence-corrected chi connectivity index (χ3v) is 4.91. The standard InChI is InChI=1S/C12H17BrN2OS/c1-15(12(16)8-6-9(14)7-8)5-4-10-2-3-11(13)17-10/h2-3,8-9H,4-7,14H2,1H3. The first-order chi connectivity index (χ1) is 8.06. The molecule has 0 spiro atoms. The maximum atomic E-state index is 12.0. The van der Waals surface area contributed by atoms with Crippen LogP contribution in [-0.2, 0) is 11.2 Å². The Balaban J connectivity index is 1.77. The summed E-state index contributed by atoms with van der Waals surface area (Å²) in [5.41, 5.74) is 5.70. The lowest BCUT2D eigenvalue weighted by Gasteiger charge is -2.34. The topological polar surface area (TPSA) is 46.3 Å². The number of amides is 1. The molecule has 1 aliphatic carbocycles. The van der Waals surface area contributed by atoms with Crippen LogP contribution in [0.2, 0.25) is 0 Å². The highest BCUT2D eigenvalue weighted by Crippen LogP contribution is 2.27. The smallest absolute Gasteiger partial charge is 0.225 e. The fourth-order valence-corrected chi connectivity index (χ4v) is 3.52. The Morgan fingerprint density at radius 2 is 2.29 bits per heavy atom. The number of rotatable bonds is 4. The zero-order chi connectivity index (χ0) is 12.4. The lowest BCUT2D eigenvalue weighted by atomic mass is 9.80. The van der Waals surface area contributed by atoms with Crippen LogP contribution < -0.4 is 5.73 Å². The number of nitrogens with zero attached hydrogens (tertiary/aromatic N) is 1. The molecule has 0 aliphatic heterocycles. The molecule has 0 aromatic carbocycles. The first kappa shape index (κ1) is 13.1. The van der Waals surface area contributed by atoms with Crippen LogP contribution in [0.3, 0.4) is 0 Å². The molecule has 5 heteroatoms. The van der Waals surface area contributed by atoms with Crippen molar-refractivity contribution in [3.05, 3.63) is 20.8 Å². The van der Waals surface area contributed by atoms with E-state index in [1.807, 2.05) is 18.0 Å². The first-order valence-electron chi connectivity index (χ1n) is 5.81. The number of nitrogens with two attached hydrogens (primary N) is 1. The minimum Gasteiger partial charge on any atom is -0.345 e. The van der Waals surface area contributed by atoms with Crippen molar-refractivity contribution in [1.82, 2.24) is 4.90 Å². The Bertz CT molecular complexity index is 401. The predicted molar refractivity (Wildman–Crippen MR) is 74.1 cm³/mol. The van der Waals surface area contributed by atoms with E-state index in [2.05, 4.69) is 22.0 Å². The summed E-state index contributed by atoms with van der Waals surface area (Å²) in [5, 5.41) is 0. The molecule has 1 aromatic heterocycles. The minimum atomic E-state index is 0.171. The monoisotopic (exact) mass is 316 g/mol. The van der Waals surface area contributed by atoms with Crippen molar-refractivity contribution in [1.29, 1.82) is 0 Å². The van der Waals surface area contributed by atoms with Crippen molar-refractivity contribution in [2.45, 2.75) is 25.3 Å². The van der Waals surface area contributed by atoms with Crippen LogP contribution in [0, 0.1) is 5.92 Å². The summed E-state index contributed by atoms with van der Waals surface area (Å²) in [4.78, 5) is 15.1. The van der Waals surface area contributed by atoms with Crippen molar-refractivity contribution in [2.75, 3.05) is 13.6 Å². The Hall–Kier alpha value is -0.390. The SMILES string of the molecule is CN(CCc1ccc(Br)s1)C(=O)C1CC(N)C1. The van der Waals surface area contributed by atoms with E-state index in [0.29, 0.717) is 0 Å². The molecule has 1 aliphatic rings. The molecule has 1 amide bonds. The molecule has 1 fully saturated rings. The van der Waals surface area contributed by atoms with Gasteiger partial charge in [0.05, 0.1) is 3.79 Å². The molecule has 0 atom stereocenters. The predicted octanol–water partition coefficient (Wildman–Crippen LogP) is 2.25. The van der Waals surface area contributed by atoms with Crippen LogP contribution in [-0.4, -0.2) is 30.4 Å². The maximum absolute atomic E-state index is 12.0. The van der Waals surface area contributed by atoms with Crippen LogP contribution in [0.5, 0.6) is 0 Å². The number of likely N-dealkylation sites (N-methyl/N-ethyl adjacent to an activating group) is 1. The molecule has 0 saturated heterocycles. The van der Waals surface area contributed by atoms with Crippen molar-refractivity contribution >= 4 is 33.2 Å². The highest BCUT2D eigenvalue weighted by molar-refractivity contribution is 9.11. The van der Waals surface area contributed by atoms with Crippen molar-refractivity contribution in [3.8, 4) is 0 Å². The summed E-state index contributed by atoms with van der Waals surface area (Å²) >= 11 is 5.17. The van der Waals surface area contributed by atoms with E-state index < -0.39 is 0 Å². The van der Waals surface area contributed by atoms with E-state index in [0.717, 1.165) is 29.6 Å². The van der Waals surface area contributed by atoms with Crippen LogP contribution in [0.25, 0.3) is 0 Å². The number of hydrogen-bond acceptors (Lipinski definition) is 3. The van der Waals surface area contributed by atoms with Gasteiger partial charge in [0.2, 0.25) is 5.91 Å². The van der Waals surface area contributed by atoms with Gasteiger partial charge in [-0.2, -0.15) is 0 Å². The number of thiophene rings is 1. The molecule has 2 rings (SSSR count). The van der Waals surface area contributed by atoms with Gasteiger partial charge in [-0.25, -0.2) is 0 Å². The lowest BCUT2D eigenvalue weighted by molar-refractivity contribution is -0.137. The van der Waals surface area contributed by atoms with Gasteiger partial charge in [-0.3, -0.25) is 4.79 Å². The number of hydrogen-bond donors (Lipinski definition) is 1. The second-order valence-electron chi connectivity index (χ2n) is 4.64. The molecule has 0 bridgehead atoms. The zero-order valence-corrected chi connectivity index (χ0v) is 12.3. The highest BCUT2D eigenvalue weighted by atomic mass is 79.9. The van der Waals surface area contributed by atoms with Gasteiger partial charge in [-0.1, -0.05) is 0 Å². The van der Waals surface area contributed by atoms with Crippen LogP contribution in [0.15, 0.2) is 15.9 Å². The number of halogens is 1. The van der Waals surface area contributed by atoms with E-state index >= 15 is 0 Å². The molecule has 3 nitrogen and oxygen atoms in total. The fraction of sp³-hybridized carbons (Fsp3) is 0.583. The summed E-state index contributed by atoms with van der Waals surface area (Å²) in [6, 6.07) is 4.39. The van der Waals surface area contributed by atoms with Gasteiger partial charge in [0.1, 0.15) is 0 Å². The van der Waals surface area contributed by atoms with Gasteiger partial charge in [0.15, 0.2) is 0 Å². The van der Waals surface area contributed by atoms with Gasteiger partial charge in [0.25, 0.3) is 0 Å². The van der Waals surface area contributed by atoms with E-state index in [1.54, 1.807) is 11.3 Å². The summed E-state index contributed by atoms with van der Waals surface area (Å²) in [7, 11) is 1.88. The first-order valence-corrected chi connectivity index (χ1v) is 7.42. The average molecular weight is 317 g/mol. The van der Waals surface area contributed by atoms with Crippen LogP contribution in [0.4, 0.5) is 0 Å².